The fraction of sp³-hybridized carbons (Fsp3) is 0.467. The lowest BCUT2D eigenvalue weighted by molar-refractivity contribution is 0.218. The highest BCUT2D eigenvalue weighted by molar-refractivity contribution is 6.30. The molecule has 0 aliphatic carbocycles. The number of aromatic nitrogens is 2. The number of halogens is 1. The van der Waals surface area contributed by atoms with Crippen molar-refractivity contribution in [3.63, 3.8) is 0 Å². The standard InChI is InChI=1S/C15H19ClN4O/c1-10-5-11(7-17)8-20(10)9-14-18-15(19-21-14)12-3-2-4-13(16)6-12/h2-4,6,10-11H,5,7-9,17H2,1H3. The fourth-order valence-electron chi connectivity index (χ4n) is 2.85. The highest BCUT2D eigenvalue weighted by Crippen LogP contribution is 2.25. The average molecular weight is 307 g/mol. The van der Waals surface area contributed by atoms with Crippen LogP contribution in [0.4, 0.5) is 0 Å². The van der Waals surface area contributed by atoms with Crippen molar-refractivity contribution < 1.29 is 4.52 Å². The minimum Gasteiger partial charge on any atom is -0.338 e. The Morgan fingerprint density at radius 3 is 3.05 bits per heavy atom. The number of nitrogens with two attached hydrogens (primary N) is 1. The van der Waals surface area contributed by atoms with E-state index in [9.17, 15) is 0 Å². The predicted octanol–water partition coefficient (Wildman–Crippen LogP) is 2.56. The minimum atomic E-state index is 0.500. The summed E-state index contributed by atoms with van der Waals surface area (Å²) in [4.78, 5) is 6.80. The van der Waals surface area contributed by atoms with Gasteiger partial charge in [0, 0.05) is 23.2 Å². The zero-order valence-corrected chi connectivity index (χ0v) is 12.8. The SMILES string of the molecule is CC1CC(CN)CN1Cc1nc(-c2cccc(Cl)c2)no1. The van der Waals surface area contributed by atoms with Crippen LogP contribution in [-0.2, 0) is 6.54 Å². The van der Waals surface area contributed by atoms with Gasteiger partial charge in [-0.3, -0.25) is 4.90 Å². The van der Waals surface area contributed by atoms with Crippen molar-refractivity contribution >= 4 is 11.6 Å². The van der Waals surface area contributed by atoms with Gasteiger partial charge in [0.25, 0.3) is 0 Å². The second kappa shape index (κ2) is 6.13. The summed E-state index contributed by atoms with van der Waals surface area (Å²) in [6.45, 7) is 4.61. The Balaban J connectivity index is 1.71. The van der Waals surface area contributed by atoms with E-state index < -0.39 is 0 Å². The van der Waals surface area contributed by atoms with Crippen LogP contribution in [0.5, 0.6) is 0 Å². The summed E-state index contributed by atoms with van der Waals surface area (Å²) in [7, 11) is 0. The number of hydrogen-bond acceptors (Lipinski definition) is 5. The number of likely N-dealkylation sites (tertiary alicyclic amines) is 1. The van der Waals surface area contributed by atoms with Gasteiger partial charge in [0.15, 0.2) is 0 Å². The van der Waals surface area contributed by atoms with Crippen LogP contribution in [0.15, 0.2) is 28.8 Å². The van der Waals surface area contributed by atoms with Crippen molar-refractivity contribution in [2.75, 3.05) is 13.1 Å². The molecular weight excluding hydrogens is 288 g/mol. The van der Waals surface area contributed by atoms with Crippen LogP contribution in [0.3, 0.4) is 0 Å². The zero-order chi connectivity index (χ0) is 14.8. The van der Waals surface area contributed by atoms with Crippen molar-refractivity contribution in [2.24, 2.45) is 11.7 Å². The molecular formula is C15H19ClN4O. The van der Waals surface area contributed by atoms with Crippen LogP contribution in [0, 0.1) is 5.92 Å². The van der Waals surface area contributed by atoms with E-state index >= 15 is 0 Å². The number of rotatable bonds is 4. The third kappa shape index (κ3) is 3.26. The molecule has 0 bridgehead atoms. The van der Waals surface area contributed by atoms with Crippen molar-refractivity contribution in [2.45, 2.75) is 25.9 Å². The van der Waals surface area contributed by atoms with E-state index in [1.807, 2.05) is 24.3 Å². The quantitative estimate of drug-likeness (QED) is 0.940. The Kier molecular flexibility index (Phi) is 4.24. The lowest BCUT2D eigenvalue weighted by Crippen LogP contribution is -2.27. The summed E-state index contributed by atoms with van der Waals surface area (Å²) >= 11 is 5.98. The molecule has 2 N–H and O–H groups in total. The first-order valence-corrected chi connectivity index (χ1v) is 7.56. The molecule has 2 heterocycles. The van der Waals surface area contributed by atoms with Crippen molar-refractivity contribution in [3.8, 4) is 11.4 Å². The van der Waals surface area contributed by atoms with Gasteiger partial charge in [-0.2, -0.15) is 4.98 Å². The van der Waals surface area contributed by atoms with Crippen LogP contribution < -0.4 is 5.73 Å². The third-order valence-corrected chi connectivity index (χ3v) is 4.25. The summed E-state index contributed by atoms with van der Waals surface area (Å²) in [6, 6.07) is 7.95. The third-order valence-electron chi connectivity index (χ3n) is 4.01. The van der Waals surface area contributed by atoms with Gasteiger partial charge < -0.3 is 10.3 Å². The van der Waals surface area contributed by atoms with E-state index in [-0.39, 0.29) is 0 Å². The molecule has 1 fully saturated rings. The first-order valence-electron chi connectivity index (χ1n) is 7.18. The molecule has 0 spiro atoms. The molecule has 1 saturated heterocycles. The Labute approximate surface area is 129 Å². The molecule has 5 nitrogen and oxygen atoms in total. The van der Waals surface area contributed by atoms with E-state index in [1.54, 1.807) is 0 Å². The molecule has 1 aromatic heterocycles. The van der Waals surface area contributed by atoms with Crippen molar-refractivity contribution in [3.05, 3.63) is 35.2 Å². The van der Waals surface area contributed by atoms with E-state index in [0.29, 0.717) is 35.2 Å². The maximum atomic E-state index is 5.98. The summed E-state index contributed by atoms with van der Waals surface area (Å²) in [5, 5.41) is 4.70. The van der Waals surface area contributed by atoms with E-state index in [2.05, 4.69) is 22.0 Å². The van der Waals surface area contributed by atoms with E-state index in [4.69, 9.17) is 21.9 Å². The second-order valence-electron chi connectivity index (χ2n) is 5.64. The van der Waals surface area contributed by atoms with Gasteiger partial charge in [-0.05, 0) is 37.9 Å². The highest BCUT2D eigenvalue weighted by Gasteiger charge is 2.29. The lowest BCUT2D eigenvalue weighted by atomic mass is 10.1. The van der Waals surface area contributed by atoms with Crippen molar-refractivity contribution in [1.82, 2.24) is 15.0 Å². The summed E-state index contributed by atoms with van der Waals surface area (Å²) in [5.74, 6) is 1.78. The molecule has 2 aromatic rings. The molecule has 1 aliphatic heterocycles. The molecule has 3 rings (SSSR count). The van der Waals surface area contributed by atoms with Gasteiger partial charge in [0.1, 0.15) is 0 Å². The molecule has 0 radical (unpaired) electrons. The van der Waals surface area contributed by atoms with Gasteiger partial charge in [-0.25, -0.2) is 0 Å². The molecule has 21 heavy (non-hydrogen) atoms. The molecule has 1 aliphatic rings. The van der Waals surface area contributed by atoms with Crippen LogP contribution in [0.25, 0.3) is 11.4 Å². The first-order chi connectivity index (χ1) is 10.2. The molecule has 0 saturated carbocycles. The minimum absolute atomic E-state index is 0.500. The normalized spacial score (nSPS) is 22.8. The highest BCUT2D eigenvalue weighted by atomic mass is 35.5. The summed E-state index contributed by atoms with van der Waals surface area (Å²) < 4.78 is 5.36. The topological polar surface area (TPSA) is 68.2 Å². The van der Waals surface area contributed by atoms with E-state index in [1.165, 1.54) is 0 Å². The zero-order valence-electron chi connectivity index (χ0n) is 12.0. The monoisotopic (exact) mass is 306 g/mol. The maximum Gasteiger partial charge on any atom is 0.241 e. The van der Waals surface area contributed by atoms with Crippen LogP contribution >= 0.6 is 11.6 Å². The van der Waals surface area contributed by atoms with Gasteiger partial charge in [0.05, 0.1) is 6.54 Å². The molecule has 2 unspecified atom stereocenters. The molecule has 112 valence electrons. The average Bonchev–Trinajstić information content (AvgIpc) is 3.07. The molecule has 0 amide bonds. The van der Waals surface area contributed by atoms with Gasteiger partial charge in [-0.1, -0.05) is 28.9 Å². The van der Waals surface area contributed by atoms with Gasteiger partial charge in [0.2, 0.25) is 11.7 Å². The van der Waals surface area contributed by atoms with Gasteiger partial charge >= 0.3 is 0 Å². The Hall–Kier alpha value is -1.43. The van der Waals surface area contributed by atoms with Gasteiger partial charge in [-0.15, -0.1) is 0 Å². The largest absolute Gasteiger partial charge is 0.338 e. The van der Waals surface area contributed by atoms with Crippen LogP contribution in [0.2, 0.25) is 5.02 Å². The molecule has 1 aromatic carbocycles. The predicted molar refractivity (Wildman–Crippen MR) is 81.8 cm³/mol. The smallest absolute Gasteiger partial charge is 0.241 e. The van der Waals surface area contributed by atoms with Crippen LogP contribution in [-0.4, -0.2) is 34.2 Å². The Morgan fingerprint density at radius 2 is 2.33 bits per heavy atom. The summed E-state index contributed by atoms with van der Waals surface area (Å²) in [6.07, 6.45) is 1.13. The number of nitrogens with zero attached hydrogens (tertiary/aromatic N) is 3. The Morgan fingerprint density at radius 1 is 1.48 bits per heavy atom. The first kappa shape index (κ1) is 14.5. The summed E-state index contributed by atoms with van der Waals surface area (Å²) in [5.41, 5.74) is 6.62. The van der Waals surface area contributed by atoms with Crippen molar-refractivity contribution in [1.29, 1.82) is 0 Å². The molecule has 2 atom stereocenters. The fourth-order valence-corrected chi connectivity index (χ4v) is 3.04. The Bertz CT molecular complexity index is 615. The van der Waals surface area contributed by atoms with Crippen LogP contribution in [0.1, 0.15) is 19.2 Å². The van der Waals surface area contributed by atoms with E-state index in [0.717, 1.165) is 25.1 Å². The molecule has 6 heteroatoms. The number of hydrogen-bond donors (Lipinski definition) is 1. The lowest BCUT2D eigenvalue weighted by Gasteiger charge is -2.18. The maximum absolute atomic E-state index is 5.98. The second-order valence-corrected chi connectivity index (χ2v) is 6.07. The number of benzene rings is 1.